The Hall–Kier alpha value is -2.21. The number of hydrogen-bond donors (Lipinski definition) is 2. The van der Waals surface area contributed by atoms with E-state index in [1.807, 2.05) is 25.1 Å². The van der Waals surface area contributed by atoms with Crippen LogP contribution in [-0.2, 0) is 6.42 Å². The van der Waals surface area contributed by atoms with Gasteiger partial charge in [-0.1, -0.05) is 18.6 Å². The summed E-state index contributed by atoms with van der Waals surface area (Å²) in [6.45, 7) is 3.93. The highest BCUT2D eigenvalue weighted by Gasteiger charge is 2.30. The summed E-state index contributed by atoms with van der Waals surface area (Å²) in [6.07, 6.45) is 7.05. The van der Waals surface area contributed by atoms with Gasteiger partial charge in [-0.25, -0.2) is 9.37 Å². The van der Waals surface area contributed by atoms with E-state index in [4.69, 9.17) is 5.73 Å². The lowest BCUT2D eigenvalue weighted by Gasteiger charge is -2.36. The Morgan fingerprint density at radius 2 is 1.86 bits per heavy atom. The number of hydrogen-bond acceptors (Lipinski definition) is 5. The van der Waals surface area contributed by atoms with Crippen LogP contribution in [0, 0.1) is 18.7 Å². The van der Waals surface area contributed by atoms with Crippen LogP contribution in [0.3, 0.4) is 0 Å². The standard InChI is InChI=1S/C22H30FN5/c1-15-13-21(27-22(24)25-15)28-11-9-19(10-12-28)26-20-4-2-3-17(20)14-16-5-7-18(23)8-6-16/h5-8,13,17,19-20,26H,2-4,9-12,14H2,1H3,(H2,24,25,27)/t17-,20-/m0/s1. The van der Waals surface area contributed by atoms with Crippen molar-refractivity contribution < 1.29 is 4.39 Å². The molecule has 1 aliphatic carbocycles. The molecule has 0 bridgehead atoms. The van der Waals surface area contributed by atoms with E-state index in [9.17, 15) is 4.39 Å². The van der Waals surface area contributed by atoms with Crippen LogP contribution in [0.25, 0.3) is 0 Å². The Balaban J connectivity index is 1.30. The molecule has 1 aromatic heterocycles. The van der Waals surface area contributed by atoms with Crippen molar-refractivity contribution in [2.24, 2.45) is 5.92 Å². The van der Waals surface area contributed by atoms with Gasteiger partial charge in [-0.3, -0.25) is 0 Å². The summed E-state index contributed by atoms with van der Waals surface area (Å²) in [6, 6.07) is 10.1. The number of anilines is 2. The SMILES string of the molecule is Cc1cc(N2CCC(N[C@H]3CCC[C@H]3Cc3ccc(F)cc3)CC2)nc(N)n1. The van der Waals surface area contributed by atoms with Gasteiger partial charge in [0.1, 0.15) is 11.6 Å². The zero-order valence-electron chi connectivity index (χ0n) is 16.6. The van der Waals surface area contributed by atoms with Crippen LogP contribution in [0.15, 0.2) is 30.3 Å². The first-order valence-corrected chi connectivity index (χ1v) is 10.4. The van der Waals surface area contributed by atoms with Gasteiger partial charge in [-0.15, -0.1) is 0 Å². The zero-order chi connectivity index (χ0) is 19.5. The van der Waals surface area contributed by atoms with Gasteiger partial charge in [0.25, 0.3) is 0 Å². The number of benzene rings is 1. The molecule has 1 saturated heterocycles. The molecule has 0 unspecified atom stereocenters. The largest absolute Gasteiger partial charge is 0.368 e. The van der Waals surface area contributed by atoms with Crippen LogP contribution in [0.4, 0.5) is 16.2 Å². The third kappa shape index (κ3) is 4.61. The van der Waals surface area contributed by atoms with E-state index < -0.39 is 0 Å². The summed E-state index contributed by atoms with van der Waals surface area (Å²) in [5.74, 6) is 1.79. The van der Waals surface area contributed by atoms with Crippen molar-refractivity contribution in [3.05, 3.63) is 47.4 Å². The van der Waals surface area contributed by atoms with E-state index in [1.165, 1.54) is 24.8 Å². The maximum absolute atomic E-state index is 13.2. The van der Waals surface area contributed by atoms with Crippen molar-refractivity contribution in [2.75, 3.05) is 23.7 Å². The summed E-state index contributed by atoms with van der Waals surface area (Å²) in [5.41, 5.74) is 7.96. The second-order valence-electron chi connectivity index (χ2n) is 8.28. The van der Waals surface area contributed by atoms with Gasteiger partial charge < -0.3 is 16.0 Å². The smallest absolute Gasteiger partial charge is 0.222 e. The molecule has 2 aliphatic rings. The van der Waals surface area contributed by atoms with E-state index in [2.05, 4.69) is 20.2 Å². The minimum Gasteiger partial charge on any atom is -0.368 e. The number of aromatic nitrogens is 2. The first-order chi connectivity index (χ1) is 13.6. The van der Waals surface area contributed by atoms with E-state index in [-0.39, 0.29) is 5.82 Å². The van der Waals surface area contributed by atoms with Crippen molar-refractivity contribution in [2.45, 2.75) is 57.5 Å². The Labute approximate surface area is 166 Å². The van der Waals surface area contributed by atoms with E-state index >= 15 is 0 Å². The van der Waals surface area contributed by atoms with Gasteiger partial charge in [-0.2, -0.15) is 4.98 Å². The maximum Gasteiger partial charge on any atom is 0.222 e. The quantitative estimate of drug-likeness (QED) is 0.827. The van der Waals surface area contributed by atoms with E-state index in [1.54, 1.807) is 12.1 Å². The highest BCUT2D eigenvalue weighted by molar-refractivity contribution is 5.43. The van der Waals surface area contributed by atoms with Gasteiger partial charge in [-0.05, 0) is 62.6 Å². The molecule has 0 radical (unpaired) electrons. The second-order valence-corrected chi connectivity index (χ2v) is 8.28. The second kappa shape index (κ2) is 8.43. The average Bonchev–Trinajstić information content (AvgIpc) is 3.10. The van der Waals surface area contributed by atoms with Crippen molar-refractivity contribution in [3.63, 3.8) is 0 Å². The number of nitrogens with one attached hydrogen (secondary N) is 1. The van der Waals surface area contributed by atoms with Gasteiger partial charge in [0, 0.05) is 36.9 Å². The summed E-state index contributed by atoms with van der Waals surface area (Å²) >= 11 is 0. The number of nitrogen functional groups attached to an aromatic ring is 1. The van der Waals surface area contributed by atoms with E-state index in [0.717, 1.165) is 43.9 Å². The summed E-state index contributed by atoms with van der Waals surface area (Å²) < 4.78 is 13.2. The third-order valence-corrected chi connectivity index (χ3v) is 6.20. The van der Waals surface area contributed by atoms with Crippen LogP contribution >= 0.6 is 0 Å². The molecule has 1 aromatic carbocycles. The lowest BCUT2D eigenvalue weighted by Crippen LogP contribution is -2.47. The predicted molar refractivity (Wildman–Crippen MR) is 111 cm³/mol. The molecule has 2 aromatic rings. The van der Waals surface area contributed by atoms with E-state index in [0.29, 0.717) is 23.9 Å². The monoisotopic (exact) mass is 383 g/mol. The van der Waals surface area contributed by atoms with Crippen LogP contribution < -0.4 is 16.0 Å². The van der Waals surface area contributed by atoms with Crippen molar-refractivity contribution in [3.8, 4) is 0 Å². The molecule has 5 nitrogen and oxygen atoms in total. The molecule has 6 heteroatoms. The number of nitrogens with zero attached hydrogens (tertiary/aromatic N) is 3. The van der Waals surface area contributed by atoms with Gasteiger partial charge in [0.05, 0.1) is 0 Å². The summed E-state index contributed by atoms with van der Waals surface area (Å²) in [4.78, 5) is 10.9. The lowest BCUT2D eigenvalue weighted by atomic mass is 9.93. The van der Waals surface area contributed by atoms with Crippen molar-refractivity contribution >= 4 is 11.8 Å². The molecule has 2 heterocycles. The average molecular weight is 384 g/mol. The summed E-state index contributed by atoms with van der Waals surface area (Å²) in [5, 5.41) is 3.94. The molecule has 4 rings (SSSR count). The fourth-order valence-electron chi connectivity index (χ4n) is 4.74. The minimum atomic E-state index is -0.155. The van der Waals surface area contributed by atoms with Gasteiger partial charge >= 0.3 is 0 Å². The van der Waals surface area contributed by atoms with Crippen LogP contribution in [0.5, 0.6) is 0 Å². The van der Waals surface area contributed by atoms with Crippen LogP contribution in [0.1, 0.15) is 43.4 Å². The first-order valence-electron chi connectivity index (χ1n) is 10.4. The molecule has 2 atom stereocenters. The lowest BCUT2D eigenvalue weighted by molar-refractivity contribution is 0.318. The number of piperidine rings is 1. The maximum atomic E-state index is 13.2. The fourth-order valence-corrected chi connectivity index (χ4v) is 4.74. The molecule has 1 aliphatic heterocycles. The predicted octanol–water partition coefficient (Wildman–Crippen LogP) is 3.48. The normalized spacial score (nSPS) is 23.3. The molecule has 1 saturated carbocycles. The van der Waals surface area contributed by atoms with Gasteiger partial charge in [0.2, 0.25) is 5.95 Å². The summed E-state index contributed by atoms with van der Waals surface area (Å²) in [7, 11) is 0. The highest BCUT2D eigenvalue weighted by Crippen LogP contribution is 2.30. The molecular formula is C22H30FN5. The Morgan fingerprint density at radius 3 is 2.57 bits per heavy atom. The first kappa shape index (κ1) is 19.1. The molecular weight excluding hydrogens is 353 g/mol. The van der Waals surface area contributed by atoms with Crippen LogP contribution in [-0.4, -0.2) is 35.1 Å². The molecule has 3 N–H and O–H groups in total. The Morgan fingerprint density at radius 1 is 1.11 bits per heavy atom. The van der Waals surface area contributed by atoms with Gasteiger partial charge in [0.15, 0.2) is 0 Å². The molecule has 0 amide bonds. The topological polar surface area (TPSA) is 67.1 Å². The fraction of sp³-hybridized carbons (Fsp3) is 0.545. The number of halogens is 1. The molecule has 0 spiro atoms. The Bertz CT molecular complexity index is 766. The highest BCUT2D eigenvalue weighted by atomic mass is 19.1. The third-order valence-electron chi connectivity index (χ3n) is 6.20. The molecule has 150 valence electrons. The van der Waals surface area contributed by atoms with Crippen molar-refractivity contribution in [1.29, 1.82) is 0 Å². The number of rotatable bonds is 5. The molecule has 28 heavy (non-hydrogen) atoms. The number of nitrogens with two attached hydrogens (primary N) is 1. The zero-order valence-corrected chi connectivity index (χ0v) is 16.6. The molecule has 2 fully saturated rings. The minimum absolute atomic E-state index is 0.155. The number of aryl methyl sites for hydroxylation is 1. The van der Waals surface area contributed by atoms with Crippen LogP contribution in [0.2, 0.25) is 0 Å². The Kier molecular flexibility index (Phi) is 5.76. The van der Waals surface area contributed by atoms with Crippen molar-refractivity contribution in [1.82, 2.24) is 15.3 Å².